The van der Waals surface area contributed by atoms with Gasteiger partial charge in [-0.3, -0.25) is 9.59 Å². The van der Waals surface area contributed by atoms with Crippen LogP contribution in [-0.4, -0.2) is 74.4 Å². The fourth-order valence-corrected chi connectivity index (χ4v) is 2.11. The molecule has 1 rings (SSSR count). The summed E-state index contributed by atoms with van der Waals surface area (Å²) in [6, 6.07) is 0. The molecule has 0 aliphatic carbocycles. The number of rotatable bonds is 7. The van der Waals surface area contributed by atoms with Crippen molar-refractivity contribution in [2.24, 2.45) is 0 Å². The van der Waals surface area contributed by atoms with Crippen molar-refractivity contribution < 1.29 is 39.9 Å². The highest BCUT2D eigenvalue weighted by Gasteiger charge is 2.43. The SMILES string of the molecule is O=C(O)CCCC(=O)C[C@@H]1O[C@H](CO)[C@H](O)[C@H](O)[C@H]1O. The molecule has 8 heteroatoms. The molecule has 0 bridgehead atoms. The number of ketones is 1. The minimum absolute atomic E-state index is 0.0291. The number of aliphatic carboxylic acids is 1. The van der Waals surface area contributed by atoms with Crippen molar-refractivity contribution in [3.8, 4) is 0 Å². The summed E-state index contributed by atoms with van der Waals surface area (Å²) in [7, 11) is 0. The number of carbonyl (C=O) groups is 2. The molecule has 0 saturated carbocycles. The molecule has 0 radical (unpaired) electrons. The lowest BCUT2D eigenvalue weighted by molar-refractivity contribution is -0.229. The molecule has 0 aromatic carbocycles. The Morgan fingerprint density at radius 1 is 0.950 bits per heavy atom. The maximum Gasteiger partial charge on any atom is 0.303 e. The Morgan fingerprint density at radius 2 is 1.55 bits per heavy atom. The average Bonchev–Trinajstić information content (AvgIpc) is 2.39. The Kier molecular flexibility index (Phi) is 6.50. The van der Waals surface area contributed by atoms with Crippen molar-refractivity contribution in [3.63, 3.8) is 0 Å². The lowest BCUT2D eigenvalue weighted by Gasteiger charge is -2.39. The Morgan fingerprint density at radius 3 is 2.10 bits per heavy atom. The maximum atomic E-state index is 11.6. The van der Waals surface area contributed by atoms with E-state index in [0.29, 0.717) is 0 Å². The summed E-state index contributed by atoms with van der Waals surface area (Å²) in [6.45, 7) is -0.547. The molecule has 0 spiro atoms. The highest BCUT2D eigenvalue weighted by molar-refractivity contribution is 5.79. The summed E-state index contributed by atoms with van der Waals surface area (Å²) < 4.78 is 5.18. The van der Waals surface area contributed by atoms with Gasteiger partial charge in [0, 0.05) is 19.3 Å². The number of carboxylic acids is 1. The zero-order valence-corrected chi connectivity index (χ0v) is 10.9. The first-order valence-electron chi connectivity index (χ1n) is 6.40. The summed E-state index contributed by atoms with van der Waals surface area (Å²) in [5, 5.41) is 46.3. The molecule has 0 amide bonds. The van der Waals surface area contributed by atoms with Crippen molar-refractivity contribution in [1.82, 2.24) is 0 Å². The van der Waals surface area contributed by atoms with Crippen LogP contribution < -0.4 is 0 Å². The van der Waals surface area contributed by atoms with Gasteiger partial charge in [0.25, 0.3) is 0 Å². The topological polar surface area (TPSA) is 145 Å². The lowest BCUT2D eigenvalue weighted by Crippen LogP contribution is -2.58. The van der Waals surface area contributed by atoms with Gasteiger partial charge in [0.05, 0.1) is 12.7 Å². The highest BCUT2D eigenvalue weighted by Crippen LogP contribution is 2.23. The number of hydrogen-bond donors (Lipinski definition) is 5. The highest BCUT2D eigenvalue weighted by atomic mass is 16.5. The van der Waals surface area contributed by atoms with Crippen LogP contribution >= 0.6 is 0 Å². The van der Waals surface area contributed by atoms with E-state index in [1.807, 2.05) is 0 Å². The quantitative estimate of drug-likeness (QED) is 0.364. The van der Waals surface area contributed by atoms with E-state index in [2.05, 4.69) is 0 Å². The van der Waals surface area contributed by atoms with Gasteiger partial charge in [-0.1, -0.05) is 0 Å². The van der Waals surface area contributed by atoms with Gasteiger partial charge < -0.3 is 30.3 Å². The molecular formula is C12H20O8. The van der Waals surface area contributed by atoms with Gasteiger partial charge in [-0.05, 0) is 6.42 Å². The van der Waals surface area contributed by atoms with Crippen molar-refractivity contribution in [2.45, 2.75) is 56.2 Å². The minimum Gasteiger partial charge on any atom is -0.481 e. The number of aliphatic hydroxyl groups is 4. The summed E-state index contributed by atoms with van der Waals surface area (Å²) in [6.07, 6.45) is -6.57. The van der Waals surface area contributed by atoms with Crippen molar-refractivity contribution in [1.29, 1.82) is 0 Å². The zero-order chi connectivity index (χ0) is 15.3. The van der Waals surface area contributed by atoms with Crippen LogP contribution in [0.2, 0.25) is 0 Å². The summed E-state index contributed by atoms with van der Waals surface area (Å²) in [4.78, 5) is 22.0. The largest absolute Gasteiger partial charge is 0.481 e. The number of carboxylic acid groups (broad SMARTS) is 1. The standard InChI is InChI=1S/C12H20O8/c13-5-8-11(18)12(19)10(17)7(20-8)4-6(14)2-1-3-9(15)16/h7-8,10-13,17-19H,1-5H2,(H,15,16)/t7-,8+,10-,11-,12+/m0/s1. The van der Waals surface area contributed by atoms with Crippen LogP contribution in [0.4, 0.5) is 0 Å². The Balaban J connectivity index is 2.49. The maximum absolute atomic E-state index is 11.6. The Labute approximate surface area is 115 Å². The number of ether oxygens (including phenoxy) is 1. The number of carbonyl (C=O) groups excluding carboxylic acids is 1. The molecule has 1 aliphatic heterocycles. The molecule has 1 saturated heterocycles. The normalized spacial score (nSPS) is 33.9. The van der Waals surface area contributed by atoms with E-state index in [0.717, 1.165) is 0 Å². The number of Topliss-reactive ketones (excluding diaryl/α,β-unsaturated/α-hetero) is 1. The van der Waals surface area contributed by atoms with E-state index in [4.69, 9.17) is 14.9 Å². The second kappa shape index (κ2) is 7.65. The van der Waals surface area contributed by atoms with Crippen LogP contribution in [0.1, 0.15) is 25.7 Å². The van der Waals surface area contributed by atoms with Gasteiger partial charge in [-0.25, -0.2) is 0 Å². The first-order chi connectivity index (χ1) is 9.36. The van der Waals surface area contributed by atoms with Crippen LogP contribution in [0.3, 0.4) is 0 Å². The van der Waals surface area contributed by atoms with E-state index >= 15 is 0 Å². The van der Waals surface area contributed by atoms with E-state index in [9.17, 15) is 24.9 Å². The second-order valence-electron chi connectivity index (χ2n) is 4.86. The Bertz CT molecular complexity index is 342. The van der Waals surface area contributed by atoms with E-state index in [1.165, 1.54) is 0 Å². The third-order valence-electron chi connectivity index (χ3n) is 3.27. The fraction of sp³-hybridized carbons (Fsp3) is 0.833. The predicted octanol–water partition coefficient (Wildman–Crippen LogP) is -1.96. The summed E-state index contributed by atoms with van der Waals surface area (Å²) in [5.41, 5.74) is 0. The molecule has 5 atom stereocenters. The predicted molar refractivity (Wildman–Crippen MR) is 64.9 cm³/mol. The van der Waals surface area contributed by atoms with Gasteiger partial charge in [0.2, 0.25) is 0 Å². The van der Waals surface area contributed by atoms with Crippen LogP contribution in [0.15, 0.2) is 0 Å². The molecule has 1 aliphatic rings. The second-order valence-corrected chi connectivity index (χ2v) is 4.86. The van der Waals surface area contributed by atoms with Crippen LogP contribution in [0.5, 0.6) is 0 Å². The lowest BCUT2D eigenvalue weighted by atomic mass is 9.92. The smallest absolute Gasteiger partial charge is 0.303 e. The molecule has 20 heavy (non-hydrogen) atoms. The molecule has 0 aromatic heterocycles. The fourth-order valence-electron chi connectivity index (χ4n) is 2.11. The van der Waals surface area contributed by atoms with Crippen molar-refractivity contribution >= 4 is 11.8 Å². The van der Waals surface area contributed by atoms with Crippen LogP contribution in [0.25, 0.3) is 0 Å². The summed E-state index contributed by atoms with van der Waals surface area (Å²) >= 11 is 0. The molecule has 1 fully saturated rings. The first kappa shape index (κ1) is 17.0. The van der Waals surface area contributed by atoms with Crippen molar-refractivity contribution in [3.05, 3.63) is 0 Å². The molecule has 1 heterocycles. The van der Waals surface area contributed by atoms with E-state index in [1.54, 1.807) is 0 Å². The van der Waals surface area contributed by atoms with Gasteiger partial charge in [0.1, 0.15) is 30.2 Å². The first-order valence-corrected chi connectivity index (χ1v) is 6.40. The van der Waals surface area contributed by atoms with Crippen molar-refractivity contribution in [2.75, 3.05) is 6.61 Å². The summed E-state index contributed by atoms with van der Waals surface area (Å²) in [5.74, 6) is -1.30. The third-order valence-corrected chi connectivity index (χ3v) is 3.27. The van der Waals surface area contributed by atoms with Gasteiger partial charge in [-0.2, -0.15) is 0 Å². The van der Waals surface area contributed by atoms with Crippen LogP contribution in [-0.2, 0) is 14.3 Å². The number of aliphatic hydroxyl groups excluding tert-OH is 4. The average molecular weight is 292 g/mol. The monoisotopic (exact) mass is 292 g/mol. The van der Waals surface area contributed by atoms with Gasteiger partial charge >= 0.3 is 5.97 Å². The van der Waals surface area contributed by atoms with Gasteiger partial charge in [-0.15, -0.1) is 0 Å². The molecule has 5 N–H and O–H groups in total. The minimum atomic E-state index is -1.50. The molecule has 116 valence electrons. The molecule has 8 nitrogen and oxygen atoms in total. The molecular weight excluding hydrogens is 272 g/mol. The van der Waals surface area contributed by atoms with Crippen LogP contribution in [0, 0.1) is 0 Å². The van der Waals surface area contributed by atoms with E-state index < -0.39 is 43.1 Å². The van der Waals surface area contributed by atoms with Gasteiger partial charge in [0.15, 0.2) is 0 Å². The molecule has 0 aromatic rings. The van der Waals surface area contributed by atoms with E-state index in [-0.39, 0.29) is 31.5 Å². The molecule has 0 unspecified atom stereocenters. The zero-order valence-electron chi connectivity index (χ0n) is 10.9. The third kappa shape index (κ3) is 4.50. The Hall–Kier alpha value is -1.06. The number of hydrogen-bond acceptors (Lipinski definition) is 7.